The highest BCUT2D eigenvalue weighted by Crippen LogP contribution is 2.26. The lowest BCUT2D eigenvalue weighted by Crippen LogP contribution is -2.11. The number of nitrogens with one attached hydrogen (secondary N) is 1. The highest BCUT2D eigenvalue weighted by atomic mass is 16.6. The molecule has 8 heteroatoms. The Bertz CT molecular complexity index is 1040. The molecule has 0 fully saturated rings. The number of carbonyl (C=O) groups excluding carboxylic acids is 1. The molecule has 0 radical (unpaired) electrons. The van der Waals surface area contributed by atoms with Crippen molar-refractivity contribution in [2.75, 3.05) is 12.4 Å². The van der Waals surface area contributed by atoms with Crippen LogP contribution in [0.2, 0.25) is 0 Å². The van der Waals surface area contributed by atoms with Crippen molar-refractivity contribution in [1.82, 2.24) is 0 Å². The Kier molecular flexibility index (Phi) is 5.82. The molecule has 0 saturated carbocycles. The van der Waals surface area contributed by atoms with Crippen molar-refractivity contribution in [3.8, 4) is 11.5 Å². The van der Waals surface area contributed by atoms with Crippen molar-refractivity contribution in [2.45, 2.75) is 20.5 Å². The lowest BCUT2D eigenvalue weighted by Gasteiger charge is -2.07. The van der Waals surface area contributed by atoms with E-state index in [1.54, 1.807) is 6.07 Å². The fourth-order valence-electron chi connectivity index (χ4n) is 2.82. The monoisotopic (exact) mass is 396 g/mol. The highest BCUT2D eigenvalue weighted by Gasteiger charge is 2.16. The van der Waals surface area contributed by atoms with Crippen molar-refractivity contribution in [1.29, 1.82) is 0 Å². The van der Waals surface area contributed by atoms with E-state index in [0.29, 0.717) is 11.5 Å². The van der Waals surface area contributed by atoms with Gasteiger partial charge in [0.2, 0.25) is 0 Å². The van der Waals surface area contributed by atoms with Crippen molar-refractivity contribution in [2.24, 2.45) is 0 Å². The number of ether oxygens (including phenoxy) is 2. The Morgan fingerprint density at radius 3 is 2.45 bits per heavy atom. The van der Waals surface area contributed by atoms with Crippen LogP contribution in [0.15, 0.2) is 52.9 Å². The minimum atomic E-state index is -0.562. The number of amides is 1. The van der Waals surface area contributed by atoms with Gasteiger partial charge >= 0.3 is 0 Å². The quantitative estimate of drug-likeness (QED) is 0.461. The van der Waals surface area contributed by atoms with Crippen LogP contribution in [0.4, 0.5) is 11.4 Å². The van der Waals surface area contributed by atoms with Gasteiger partial charge in [0.15, 0.2) is 5.76 Å². The molecule has 0 aliphatic carbocycles. The molecule has 0 atom stereocenters. The maximum Gasteiger partial charge on any atom is 0.291 e. The zero-order valence-corrected chi connectivity index (χ0v) is 16.2. The predicted octanol–water partition coefficient (Wildman–Crippen LogP) is 4.64. The minimum absolute atomic E-state index is 0.0643. The summed E-state index contributed by atoms with van der Waals surface area (Å²) in [5.41, 5.74) is 2.21. The predicted molar refractivity (Wildman–Crippen MR) is 107 cm³/mol. The molecule has 0 aliphatic heterocycles. The molecule has 29 heavy (non-hydrogen) atoms. The Labute approximate surface area is 167 Å². The molecule has 0 unspecified atom stereocenters. The number of aryl methyl sites for hydroxylation is 2. The van der Waals surface area contributed by atoms with E-state index in [9.17, 15) is 14.9 Å². The number of methoxy groups -OCH3 is 1. The van der Waals surface area contributed by atoms with Gasteiger partial charge in [-0.05, 0) is 49.2 Å². The molecular weight excluding hydrogens is 376 g/mol. The van der Waals surface area contributed by atoms with Crippen molar-refractivity contribution < 1.29 is 23.6 Å². The number of benzene rings is 2. The number of nitro groups is 1. The first-order chi connectivity index (χ1) is 13.8. The molecule has 1 amide bonds. The summed E-state index contributed by atoms with van der Waals surface area (Å²) in [4.78, 5) is 22.9. The molecule has 1 aromatic heterocycles. The Morgan fingerprint density at radius 2 is 1.79 bits per heavy atom. The van der Waals surface area contributed by atoms with Crippen LogP contribution < -0.4 is 14.8 Å². The van der Waals surface area contributed by atoms with E-state index in [2.05, 4.69) is 5.32 Å². The van der Waals surface area contributed by atoms with Gasteiger partial charge in [0.05, 0.1) is 23.8 Å². The van der Waals surface area contributed by atoms with Gasteiger partial charge in [-0.2, -0.15) is 0 Å². The molecule has 1 heterocycles. The first kappa shape index (κ1) is 19.9. The molecule has 150 valence electrons. The number of nitrogens with zero attached hydrogens (tertiary/aromatic N) is 1. The average molecular weight is 396 g/mol. The Hall–Kier alpha value is -3.81. The van der Waals surface area contributed by atoms with Crippen LogP contribution >= 0.6 is 0 Å². The van der Waals surface area contributed by atoms with Gasteiger partial charge < -0.3 is 19.2 Å². The van der Waals surface area contributed by atoms with Crippen LogP contribution in [0.3, 0.4) is 0 Å². The normalized spacial score (nSPS) is 10.4. The Morgan fingerprint density at radius 1 is 1.07 bits per heavy atom. The topological polar surface area (TPSA) is 104 Å². The standard InChI is InChI=1S/C21H20N2O6/c1-13-6-14(2)8-19(7-13)28-12-17-4-5-20(29-17)21(24)22-15-9-16(23(25)26)11-18(10-15)27-3/h4-11H,12H2,1-3H3,(H,22,24). The van der Waals surface area contributed by atoms with E-state index in [1.807, 2.05) is 32.0 Å². The summed E-state index contributed by atoms with van der Waals surface area (Å²) in [6.07, 6.45) is 0. The van der Waals surface area contributed by atoms with E-state index in [1.165, 1.54) is 31.4 Å². The smallest absolute Gasteiger partial charge is 0.291 e. The maximum atomic E-state index is 12.4. The number of anilines is 1. The summed E-state index contributed by atoms with van der Waals surface area (Å²) in [5.74, 6) is 0.982. The second kappa shape index (κ2) is 8.47. The summed E-state index contributed by atoms with van der Waals surface area (Å²) in [7, 11) is 1.39. The summed E-state index contributed by atoms with van der Waals surface area (Å²) >= 11 is 0. The largest absolute Gasteiger partial charge is 0.496 e. The first-order valence-corrected chi connectivity index (χ1v) is 8.78. The lowest BCUT2D eigenvalue weighted by molar-refractivity contribution is -0.384. The lowest BCUT2D eigenvalue weighted by atomic mass is 10.1. The molecule has 3 aromatic rings. The second-order valence-electron chi connectivity index (χ2n) is 6.51. The van der Waals surface area contributed by atoms with E-state index in [0.717, 1.165) is 11.1 Å². The third kappa shape index (κ3) is 5.13. The van der Waals surface area contributed by atoms with E-state index >= 15 is 0 Å². The third-order valence-electron chi connectivity index (χ3n) is 4.06. The van der Waals surface area contributed by atoms with Gasteiger partial charge in [-0.15, -0.1) is 0 Å². The van der Waals surface area contributed by atoms with Gasteiger partial charge in [-0.25, -0.2) is 0 Å². The number of non-ortho nitro benzene ring substituents is 1. The van der Waals surface area contributed by atoms with Gasteiger partial charge in [0.25, 0.3) is 11.6 Å². The Balaban J connectivity index is 1.68. The fraction of sp³-hybridized carbons (Fsp3) is 0.190. The zero-order valence-electron chi connectivity index (χ0n) is 16.2. The van der Waals surface area contributed by atoms with E-state index in [4.69, 9.17) is 13.9 Å². The zero-order chi connectivity index (χ0) is 21.0. The van der Waals surface area contributed by atoms with Gasteiger partial charge in [0, 0.05) is 12.1 Å². The number of nitro benzene ring substituents is 1. The van der Waals surface area contributed by atoms with Crippen LogP contribution in [0.5, 0.6) is 11.5 Å². The number of carbonyl (C=O) groups is 1. The SMILES string of the molecule is COc1cc(NC(=O)c2ccc(COc3cc(C)cc(C)c3)o2)cc([N+](=O)[O-])c1. The van der Waals surface area contributed by atoms with Crippen LogP contribution in [0.25, 0.3) is 0 Å². The molecular formula is C21H20N2O6. The summed E-state index contributed by atoms with van der Waals surface area (Å²) in [6.45, 7) is 4.14. The molecule has 1 N–H and O–H groups in total. The summed E-state index contributed by atoms with van der Waals surface area (Å²) in [5, 5.41) is 13.6. The molecule has 0 saturated heterocycles. The van der Waals surface area contributed by atoms with E-state index in [-0.39, 0.29) is 29.5 Å². The summed E-state index contributed by atoms with van der Waals surface area (Å²) < 4.78 is 16.3. The summed E-state index contributed by atoms with van der Waals surface area (Å²) in [6, 6.07) is 13.0. The third-order valence-corrected chi connectivity index (χ3v) is 4.06. The number of hydrogen-bond donors (Lipinski definition) is 1. The van der Waals surface area contributed by atoms with Crippen molar-refractivity contribution >= 4 is 17.3 Å². The maximum absolute atomic E-state index is 12.4. The minimum Gasteiger partial charge on any atom is -0.496 e. The van der Waals surface area contributed by atoms with Gasteiger partial charge in [-0.3, -0.25) is 14.9 Å². The van der Waals surface area contributed by atoms with E-state index < -0.39 is 10.8 Å². The average Bonchev–Trinajstić information content (AvgIpc) is 3.14. The first-order valence-electron chi connectivity index (χ1n) is 8.78. The molecule has 2 aromatic carbocycles. The van der Waals surface area contributed by atoms with Gasteiger partial charge in [0.1, 0.15) is 23.9 Å². The van der Waals surface area contributed by atoms with Crippen LogP contribution in [0, 0.1) is 24.0 Å². The molecule has 0 aliphatic rings. The van der Waals surface area contributed by atoms with Crippen LogP contribution in [-0.4, -0.2) is 17.9 Å². The van der Waals surface area contributed by atoms with Crippen molar-refractivity contribution in [3.05, 3.63) is 81.3 Å². The second-order valence-corrected chi connectivity index (χ2v) is 6.51. The molecule has 8 nitrogen and oxygen atoms in total. The van der Waals surface area contributed by atoms with Crippen LogP contribution in [0.1, 0.15) is 27.4 Å². The molecule has 0 bridgehead atoms. The molecule has 3 rings (SSSR count). The fourth-order valence-corrected chi connectivity index (χ4v) is 2.82. The van der Waals surface area contributed by atoms with Crippen molar-refractivity contribution in [3.63, 3.8) is 0 Å². The van der Waals surface area contributed by atoms with Gasteiger partial charge in [-0.1, -0.05) is 6.07 Å². The number of furan rings is 1. The number of hydrogen-bond acceptors (Lipinski definition) is 6. The molecule has 0 spiro atoms. The number of rotatable bonds is 7. The van der Waals surface area contributed by atoms with Crippen LogP contribution in [-0.2, 0) is 6.61 Å². The highest BCUT2D eigenvalue weighted by molar-refractivity contribution is 6.02.